The van der Waals surface area contributed by atoms with E-state index in [2.05, 4.69) is 11.1 Å². The Bertz CT molecular complexity index is 1530. The lowest BCUT2D eigenvalue weighted by molar-refractivity contribution is 0.00262. The zero-order valence-electron chi connectivity index (χ0n) is 23.1. The van der Waals surface area contributed by atoms with Crippen LogP contribution >= 0.6 is 0 Å². The van der Waals surface area contributed by atoms with E-state index >= 15 is 4.39 Å². The van der Waals surface area contributed by atoms with Gasteiger partial charge in [0.2, 0.25) is 5.88 Å². The van der Waals surface area contributed by atoms with E-state index in [9.17, 15) is 10.4 Å². The molecule has 39 heavy (non-hydrogen) atoms. The number of aliphatic hydroxyl groups is 1. The Labute approximate surface area is 228 Å². The fourth-order valence-electron chi connectivity index (χ4n) is 5.14. The number of ether oxygens (including phenoxy) is 2. The molecule has 2 aromatic heterocycles. The van der Waals surface area contributed by atoms with Crippen molar-refractivity contribution in [2.75, 3.05) is 34.9 Å². The first kappa shape index (κ1) is 28.0. The van der Waals surface area contributed by atoms with Crippen LogP contribution in [-0.2, 0) is 5.60 Å². The normalized spacial score (nSPS) is 13.6. The maximum Gasteiger partial charge on any atom is 0.217 e. The SMILES string of the molecule is COc1cccc([C@H](c2cc3cc(C#N)ccc3nc2OC)[C@@](O)(CCN(C)C)c2cc(C)nc(C)c2)c1F. The molecule has 8 heteroatoms. The van der Waals surface area contributed by atoms with Crippen molar-refractivity contribution < 1.29 is 19.0 Å². The largest absolute Gasteiger partial charge is 0.494 e. The Morgan fingerprint density at radius 1 is 1.00 bits per heavy atom. The number of aromatic nitrogens is 2. The van der Waals surface area contributed by atoms with Crippen LogP contribution in [0.3, 0.4) is 0 Å². The van der Waals surface area contributed by atoms with Crippen LogP contribution in [0.1, 0.15) is 46.0 Å². The lowest BCUT2D eigenvalue weighted by Gasteiger charge is -2.39. The third-order valence-electron chi connectivity index (χ3n) is 6.96. The van der Waals surface area contributed by atoms with Crippen LogP contribution < -0.4 is 9.47 Å². The summed E-state index contributed by atoms with van der Waals surface area (Å²) in [4.78, 5) is 11.2. The lowest BCUT2D eigenvalue weighted by atomic mass is 9.71. The second-order valence-corrected chi connectivity index (χ2v) is 10.0. The second-order valence-electron chi connectivity index (χ2n) is 10.0. The summed E-state index contributed by atoms with van der Waals surface area (Å²) in [6, 6.07) is 17.7. The number of fused-ring (bicyclic) bond motifs is 1. The Kier molecular flexibility index (Phi) is 8.14. The van der Waals surface area contributed by atoms with E-state index in [0.717, 1.165) is 11.4 Å². The standard InChI is InChI=1S/C31H33FN4O3/c1-19-14-23(15-20(2)34-19)31(37,12-13-36(3)4)28(24-8-7-9-27(38-5)29(24)32)25-17-22-16-21(18-33)10-11-26(22)35-30(25)39-6/h7-11,14-17,28,37H,12-13H2,1-6H3/t28-,31-/m1/s1. The predicted molar refractivity (Wildman–Crippen MR) is 149 cm³/mol. The van der Waals surface area contributed by atoms with Crippen molar-refractivity contribution >= 4 is 10.9 Å². The number of nitrogens with zero attached hydrogens (tertiary/aromatic N) is 4. The van der Waals surface area contributed by atoms with E-state index < -0.39 is 17.3 Å². The van der Waals surface area contributed by atoms with Crippen molar-refractivity contribution in [1.29, 1.82) is 5.26 Å². The Balaban J connectivity index is 2.12. The van der Waals surface area contributed by atoms with Gasteiger partial charge < -0.3 is 19.5 Å². The van der Waals surface area contributed by atoms with Gasteiger partial charge in [0.1, 0.15) is 5.60 Å². The Hall–Kier alpha value is -4.06. The molecule has 0 saturated heterocycles. The number of aryl methyl sites for hydroxylation is 2. The van der Waals surface area contributed by atoms with Crippen molar-refractivity contribution in [3.63, 3.8) is 0 Å². The molecular formula is C31H33FN4O3. The highest BCUT2D eigenvalue weighted by molar-refractivity contribution is 5.82. The highest BCUT2D eigenvalue weighted by atomic mass is 19.1. The number of pyridine rings is 2. The molecule has 1 N–H and O–H groups in total. The fraction of sp³-hybridized carbons (Fsp3) is 0.323. The molecule has 0 aliphatic rings. The molecule has 0 bridgehead atoms. The monoisotopic (exact) mass is 528 g/mol. The van der Waals surface area contributed by atoms with Crippen LogP contribution in [0.4, 0.5) is 4.39 Å². The summed E-state index contributed by atoms with van der Waals surface area (Å²) in [6.45, 7) is 4.25. The molecule has 0 fully saturated rings. The van der Waals surface area contributed by atoms with Crippen LogP contribution in [0.2, 0.25) is 0 Å². The average molecular weight is 529 g/mol. The van der Waals surface area contributed by atoms with Gasteiger partial charge in [-0.05, 0) is 82.4 Å². The summed E-state index contributed by atoms with van der Waals surface area (Å²) >= 11 is 0. The molecule has 7 nitrogen and oxygen atoms in total. The molecule has 2 atom stereocenters. The van der Waals surface area contributed by atoms with Crippen LogP contribution in [0.15, 0.2) is 54.6 Å². The minimum absolute atomic E-state index is 0.0639. The van der Waals surface area contributed by atoms with Gasteiger partial charge in [0, 0.05) is 34.4 Å². The quantitative estimate of drug-likeness (QED) is 0.317. The number of hydrogen-bond donors (Lipinski definition) is 1. The van der Waals surface area contributed by atoms with Crippen LogP contribution in [0.5, 0.6) is 11.6 Å². The number of rotatable bonds is 9. The smallest absolute Gasteiger partial charge is 0.217 e. The molecule has 202 valence electrons. The fourth-order valence-corrected chi connectivity index (χ4v) is 5.14. The highest BCUT2D eigenvalue weighted by Gasteiger charge is 2.44. The molecule has 0 amide bonds. The zero-order valence-corrected chi connectivity index (χ0v) is 23.1. The van der Waals surface area contributed by atoms with E-state index in [-0.39, 0.29) is 23.6 Å². The molecule has 4 rings (SSSR count). The topological polar surface area (TPSA) is 91.5 Å². The molecule has 0 radical (unpaired) electrons. The molecule has 0 aliphatic heterocycles. The third-order valence-corrected chi connectivity index (χ3v) is 6.96. The van der Waals surface area contributed by atoms with Gasteiger partial charge in [-0.25, -0.2) is 9.37 Å². The van der Waals surface area contributed by atoms with Crippen molar-refractivity contribution in [3.8, 4) is 17.7 Å². The predicted octanol–water partition coefficient (Wildman–Crippen LogP) is 5.25. The molecule has 4 aromatic rings. The summed E-state index contributed by atoms with van der Waals surface area (Å²) in [7, 11) is 6.75. The van der Waals surface area contributed by atoms with Gasteiger partial charge in [0.15, 0.2) is 11.6 Å². The molecule has 0 unspecified atom stereocenters. The minimum atomic E-state index is -1.61. The van der Waals surface area contributed by atoms with Crippen molar-refractivity contribution in [2.45, 2.75) is 31.8 Å². The van der Waals surface area contributed by atoms with Gasteiger partial charge in [0.25, 0.3) is 0 Å². The summed E-state index contributed by atoms with van der Waals surface area (Å²) in [5.74, 6) is -1.21. The van der Waals surface area contributed by atoms with Crippen LogP contribution in [0.25, 0.3) is 10.9 Å². The third kappa shape index (κ3) is 5.56. The molecule has 0 saturated carbocycles. The molecular weight excluding hydrogens is 495 g/mol. The van der Waals surface area contributed by atoms with Crippen LogP contribution in [0, 0.1) is 31.0 Å². The van der Waals surface area contributed by atoms with Gasteiger partial charge in [-0.1, -0.05) is 12.1 Å². The lowest BCUT2D eigenvalue weighted by Crippen LogP contribution is -2.38. The maximum absolute atomic E-state index is 16.1. The maximum atomic E-state index is 16.1. The van der Waals surface area contributed by atoms with E-state index in [4.69, 9.17) is 14.5 Å². The first-order chi connectivity index (χ1) is 18.6. The van der Waals surface area contributed by atoms with Crippen molar-refractivity contribution in [3.05, 3.63) is 94.1 Å². The molecule has 0 aliphatic carbocycles. The van der Waals surface area contributed by atoms with Gasteiger partial charge in [0.05, 0.1) is 37.3 Å². The van der Waals surface area contributed by atoms with Gasteiger partial charge >= 0.3 is 0 Å². The Morgan fingerprint density at radius 2 is 1.72 bits per heavy atom. The highest BCUT2D eigenvalue weighted by Crippen LogP contribution is 2.49. The summed E-state index contributed by atoms with van der Waals surface area (Å²) in [5, 5.41) is 23.0. The zero-order chi connectivity index (χ0) is 28.3. The van der Waals surface area contributed by atoms with Crippen LogP contribution in [-0.4, -0.2) is 54.8 Å². The molecule has 2 heterocycles. The van der Waals surface area contributed by atoms with Gasteiger partial charge in [-0.15, -0.1) is 0 Å². The van der Waals surface area contributed by atoms with Gasteiger partial charge in [-0.3, -0.25) is 4.98 Å². The number of hydrogen-bond acceptors (Lipinski definition) is 7. The number of halogens is 1. The molecule has 0 spiro atoms. The average Bonchev–Trinajstić information content (AvgIpc) is 2.91. The van der Waals surface area contributed by atoms with Crippen molar-refractivity contribution in [1.82, 2.24) is 14.9 Å². The van der Waals surface area contributed by atoms with E-state index in [1.54, 1.807) is 36.4 Å². The van der Waals surface area contributed by atoms with E-state index in [1.165, 1.54) is 14.2 Å². The van der Waals surface area contributed by atoms with E-state index in [1.807, 2.05) is 51.0 Å². The number of methoxy groups -OCH3 is 2. The van der Waals surface area contributed by atoms with E-state index in [0.29, 0.717) is 34.1 Å². The number of benzene rings is 2. The van der Waals surface area contributed by atoms with Crippen molar-refractivity contribution in [2.24, 2.45) is 0 Å². The summed E-state index contributed by atoms with van der Waals surface area (Å²) in [6.07, 6.45) is 0.267. The summed E-state index contributed by atoms with van der Waals surface area (Å²) < 4.78 is 27.2. The minimum Gasteiger partial charge on any atom is -0.494 e. The Morgan fingerprint density at radius 3 is 2.33 bits per heavy atom. The molecule has 2 aromatic carbocycles. The second kappa shape index (κ2) is 11.4. The first-order valence-corrected chi connectivity index (χ1v) is 12.6. The first-order valence-electron chi connectivity index (χ1n) is 12.6. The number of nitriles is 1. The summed E-state index contributed by atoms with van der Waals surface area (Å²) in [5.41, 5.74) is 2.28. The van der Waals surface area contributed by atoms with Gasteiger partial charge in [-0.2, -0.15) is 5.26 Å².